The van der Waals surface area contributed by atoms with E-state index in [1.807, 2.05) is 0 Å². The maximum atomic E-state index is 12.2. The summed E-state index contributed by atoms with van der Waals surface area (Å²) in [7, 11) is 1.51. The summed E-state index contributed by atoms with van der Waals surface area (Å²) < 4.78 is 5.06. The van der Waals surface area contributed by atoms with Crippen LogP contribution >= 0.6 is 11.6 Å². The van der Waals surface area contributed by atoms with E-state index in [2.05, 4.69) is 5.32 Å². The quantitative estimate of drug-likeness (QED) is 0.686. The number of aryl methyl sites for hydroxylation is 1. The lowest BCUT2D eigenvalue weighted by atomic mass is 10.1. The van der Waals surface area contributed by atoms with Gasteiger partial charge in [0.05, 0.1) is 12.0 Å². The van der Waals surface area contributed by atoms with E-state index in [1.165, 1.54) is 19.2 Å². The molecule has 0 aromatic heterocycles. The predicted octanol–water partition coefficient (Wildman–Crippen LogP) is 3.82. The van der Waals surface area contributed by atoms with Crippen molar-refractivity contribution in [3.8, 4) is 5.75 Å². The van der Waals surface area contributed by atoms with Crippen LogP contribution in [0.5, 0.6) is 5.75 Å². The molecule has 0 spiro atoms. The number of nitro benzene ring substituents is 1. The Morgan fingerprint density at radius 2 is 2.05 bits per heavy atom. The second kappa shape index (κ2) is 6.44. The smallest absolute Gasteiger partial charge is 0.288 e. The highest BCUT2D eigenvalue weighted by molar-refractivity contribution is 6.33. The minimum absolute atomic E-state index is 0.0310. The molecule has 0 aliphatic rings. The molecule has 2 rings (SSSR count). The Bertz CT molecular complexity index is 746. The van der Waals surface area contributed by atoms with Crippen LogP contribution in [-0.4, -0.2) is 17.9 Å². The Kier molecular flexibility index (Phi) is 4.62. The van der Waals surface area contributed by atoms with E-state index in [4.69, 9.17) is 16.3 Å². The summed E-state index contributed by atoms with van der Waals surface area (Å²) >= 11 is 5.86. The van der Waals surface area contributed by atoms with Gasteiger partial charge in [0, 0.05) is 17.3 Å². The molecule has 2 aromatic rings. The van der Waals surface area contributed by atoms with Crippen molar-refractivity contribution in [2.75, 3.05) is 12.4 Å². The molecule has 2 aromatic carbocycles. The van der Waals surface area contributed by atoms with Crippen LogP contribution in [0.25, 0.3) is 0 Å². The topological polar surface area (TPSA) is 81.5 Å². The highest BCUT2D eigenvalue weighted by atomic mass is 35.5. The number of amides is 1. The van der Waals surface area contributed by atoms with Crippen molar-refractivity contribution in [3.05, 3.63) is 62.7 Å². The fraction of sp³-hybridized carbons (Fsp3) is 0.133. The summed E-state index contributed by atoms with van der Waals surface area (Å²) in [5.74, 6) is 0.207. The van der Waals surface area contributed by atoms with Gasteiger partial charge < -0.3 is 10.1 Å². The second-order valence-corrected chi connectivity index (χ2v) is 4.97. The fourth-order valence-electron chi connectivity index (χ4n) is 1.90. The standard InChI is InChI=1S/C15H13ClN2O4/c1-9-6-14(18(20)21)12(16)8-13(9)17-15(19)10-4-3-5-11(7-10)22-2/h3-8H,1-2H3,(H,17,19). The lowest BCUT2D eigenvalue weighted by molar-refractivity contribution is -0.384. The Morgan fingerprint density at radius 1 is 1.32 bits per heavy atom. The molecule has 22 heavy (non-hydrogen) atoms. The molecular formula is C15H13ClN2O4. The molecule has 0 aliphatic heterocycles. The third kappa shape index (κ3) is 3.35. The summed E-state index contributed by atoms with van der Waals surface area (Å²) in [6, 6.07) is 9.35. The molecule has 0 heterocycles. The SMILES string of the molecule is COc1cccc(C(=O)Nc2cc(Cl)c([N+](=O)[O-])cc2C)c1. The van der Waals surface area contributed by atoms with Crippen LogP contribution in [0.2, 0.25) is 5.02 Å². The number of hydrogen-bond acceptors (Lipinski definition) is 4. The monoisotopic (exact) mass is 320 g/mol. The number of anilines is 1. The van der Waals surface area contributed by atoms with Crippen LogP contribution in [0, 0.1) is 17.0 Å². The van der Waals surface area contributed by atoms with Gasteiger partial charge in [0.1, 0.15) is 10.8 Å². The summed E-state index contributed by atoms with van der Waals surface area (Å²) in [6.07, 6.45) is 0. The fourth-order valence-corrected chi connectivity index (χ4v) is 2.13. The number of carbonyl (C=O) groups is 1. The van der Waals surface area contributed by atoms with Crippen molar-refractivity contribution in [1.29, 1.82) is 0 Å². The number of nitrogens with zero attached hydrogens (tertiary/aromatic N) is 1. The molecule has 0 aliphatic carbocycles. The number of nitrogens with one attached hydrogen (secondary N) is 1. The number of nitro groups is 1. The molecule has 0 atom stereocenters. The van der Waals surface area contributed by atoms with E-state index >= 15 is 0 Å². The molecule has 6 nitrogen and oxygen atoms in total. The molecular weight excluding hydrogens is 308 g/mol. The Balaban J connectivity index is 2.28. The van der Waals surface area contributed by atoms with Crippen LogP contribution in [0.1, 0.15) is 15.9 Å². The summed E-state index contributed by atoms with van der Waals surface area (Å²) in [4.78, 5) is 22.5. The first-order valence-corrected chi connectivity index (χ1v) is 6.70. The zero-order chi connectivity index (χ0) is 16.3. The van der Waals surface area contributed by atoms with Crippen LogP contribution in [-0.2, 0) is 0 Å². The number of hydrogen-bond donors (Lipinski definition) is 1. The third-order valence-corrected chi connectivity index (χ3v) is 3.37. The van der Waals surface area contributed by atoms with E-state index in [-0.39, 0.29) is 16.6 Å². The molecule has 0 bridgehead atoms. The van der Waals surface area contributed by atoms with Crippen molar-refractivity contribution in [1.82, 2.24) is 0 Å². The van der Waals surface area contributed by atoms with Crippen molar-refractivity contribution in [3.63, 3.8) is 0 Å². The largest absolute Gasteiger partial charge is 0.497 e. The van der Waals surface area contributed by atoms with Gasteiger partial charge in [-0.1, -0.05) is 17.7 Å². The zero-order valence-electron chi connectivity index (χ0n) is 11.9. The molecule has 114 valence electrons. The average molecular weight is 321 g/mol. The number of ether oxygens (including phenoxy) is 1. The lowest BCUT2D eigenvalue weighted by Crippen LogP contribution is -2.13. The maximum Gasteiger partial charge on any atom is 0.288 e. The van der Waals surface area contributed by atoms with Crippen molar-refractivity contribution >= 4 is 28.9 Å². The second-order valence-electron chi connectivity index (χ2n) is 4.56. The number of benzene rings is 2. The zero-order valence-corrected chi connectivity index (χ0v) is 12.7. The van der Waals surface area contributed by atoms with Crippen LogP contribution < -0.4 is 10.1 Å². The molecule has 0 saturated heterocycles. The first kappa shape index (κ1) is 15.8. The molecule has 0 unspecified atom stereocenters. The van der Waals surface area contributed by atoms with Crippen molar-refractivity contribution in [2.45, 2.75) is 6.92 Å². The van der Waals surface area contributed by atoms with Gasteiger partial charge in [0.15, 0.2) is 0 Å². The maximum absolute atomic E-state index is 12.2. The van der Waals surface area contributed by atoms with E-state index in [9.17, 15) is 14.9 Å². The number of halogens is 1. The summed E-state index contributed by atoms with van der Waals surface area (Å²) in [6.45, 7) is 1.66. The molecule has 0 saturated carbocycles. The number of rotatable bonds is 4. The lowest BCUT2D eigenvalue weighted by Gasteiger charge is -2.10. The van der Waals surface area contributed by atoms with Gasteiger partial charge in [-0.25, -0.2) is 0 Å². The predicted molar refractivity (Wildman–Crippen MR) is 83.8 cm³/mol. The third-order valence-electron chi connectivity index (χ3n) is 3.07. The molecule has 1 N–H and O–H groups in total. The Morgan fingerprint density at radius 3 is 2.68 bits per heavy atom. The van der Waals surface area contributed by atoms with E-state index < -0.39 is 4.92 Å². The van der Waals surface area contributed by atoms with Gasteiger partial charge in [-0.05, 0) is 36.8 Å². The molecule has 1 amide bonds. The summed E-state index contributed by atoms with van der Waals surface area (Å²) in [5.41, 5.74) is 1.18. The van der Waals surface area contributed by atoms with Crippen LogP contribution in [0.4, 0.5) is 11.4 Å². The minimum Gasteiger partial charge on any atom is -0.497 e. The van der Waals surface area contributed by atoms with Gasteiger partial charge in [-0.15, -0.1) is 0 Å². The van der Waals surface area contributed by atoms with E-state index in [1.54, 1.807) is 31.2 Å². The van der Waals surface area contributed by atoms with Crippen molar-refractivity contribution < 1.29 is 14.5 Å². The van der Waals surface area contributed by atoms with Gasteiger partial charge in [0.2, 0.25) is 0 Å². The van der Waals surface area contributed by atoms with Crippen LogP contribution in [0.3, 0.4) is 0 Å². The molecule has 7 heteroatoms. The number of methoxy groups -OCH3 is 1. The molecule has 0 radical (unpaired) electrons. The first-order valence-electron chi connectivity index (χ1n) is 6.32. The van der Waals surface area contributed by atoms with Gasteiger partial charge in [-0.3, -0.25) is 14.9 Å². The number of carbonyl (C=O) groups excluding carboxylic acids is 1. The van der Waals surface area contributed by atoms with Gasteiger partial charge in [-0.2, -0.15) is 0 Å². The minimum atomic E-state index is -0.566. The van der Waals surface area contributed by atoms with Crippen molar-refractivity contribution in [2.24, 2.45) is 0 Å². The van der Waals surface area contributed by atoms with Gasteiger partial charge >= 0.3 is 0 Å². The van der Waals surface area contributed by atoms with Crippen LogP contribution in [0.15, 0.2) is 36.4 Å². The Labute approximate surface area is 131 Å². The molecule has 0 fully saturated rings. The van der Waals surface area contributed by atoms with E-state index in [0.29, 0.717) is 22.6 Å². The summed E-state index contributed by atoms with van der Waals surface area (Å²) in [5, 5.41) is 13.5. The Hall–Kier alpha value is -2.60. The first-order chi connectivity index (χ1) is 10.4. The van der Waals surface area contributed by atoms with Gasteiger partial charge in [0.25, 0.3) is 11.6 Å². The highest BCUT2D eigenvalue weighted by Crippen LogP contribution is 2.30. The van der Waals surface area contributed by atoms with E-state index in [0.717, 1.165) is 0 Å². The normalized spacial score (nSPS) is 10.1. The average Bonchev–Trinajstić information content (AvgIpc) is 2.50. The highest BCUT2D eigenvalue weighted by Gasteiger charge is 2.16.